The first-order valence-electron chi connectivity index (χ1n) is 5.67. The first-order chi connectivity index (χ1) is 8.54. The van der Waals surface area contributed by atoms with E-state index in [0.717, 1.165) is 6.07 Å². The van der Waals surface area contributed by atoms with Crippen LogP contribution in [0.2, 0.25) is 0 Å². The lowest BCUT2D eigenvalue weighted by atomic mass is 10.1. The van der Waals surface area contributed by atoms with Crippen LogP contribution in [0.3, 0.4) is 0 Å². The van der Waals surface area contributed by atoms with Crippen LogP contribution in [0.15, 0.2) is 12.1 Å². The molecule has 0 unspecified atom stereocenters. The van der Waals surface area contributed by atoms with Gasteiger partial charge < -0.3 is 14.8 Å². The summed E-state index contributed by atoms with van der Waals surface area (Å²) in [5.74, 6) is 0.0180. The average Bonchev–Trinajstić information content (AvgIpc) is 2.53. The molecule has 1 aromatic rings. The summed E-state index contributed by atoms with van der Waals surface area (Å²) in [6.07, 6.45) is -3.86. The second-order valence-corrected chi connectivity index (χ2v) is 4.01. The molecule has 100 valence electrons. The number of nitrogens with one attached hydrogen (secondary N) is 1. The number of fused-ring (bicyclic) bond motifs is 1. The van der Waals surface area contributed by atoms with E-state index in [1.54, 1.807) is 7.05 Å². The highest BCUT2D eigenvalue weighted by Crippen LogP contribution is 2.44. The van der Waals surface area contributed by atoms with Gasteiger partial charge in [-0.2, -0.15) is 13.2 Å². The van der Waals surface area contributed by atoms with Crippen LogP contribution in [0.25, 0.3) is 0 Å². The first-order valence-corrected chi connectivity index (χ1v) is 5.67. The van der Waals surface area contributed by atoms with Crippen LogP contribution in [0.5, 0.6) is 11.5 Å². The molecular formula is C12H14F3NO2. The molecule has 18 heavy (non-hydrogen) atoms. The smallest absolute Gasteiger partial charge is 0.420 e. The third kappa shape index (κ3) is 2.53. The number of hydrogen-bond acceptors (Lipinski definition) is 3. The lowest BCUT2D eigenvalue weighted by molar-refractivity contribution is -0.139. The van der Waals surface area contributed by atoms with Crippen LogP contribution >= 0.6 is 0 Å². The van der Waals surface area contributed by atoms with Crippen molar-refractivity contribution in [2.45, 2.75) is 19.1 Å². The zero-order valence-corrected chi connectivity index (χ0v) is 9.93. The van der Waals surface area contributed by atoms with E-state index in [0.29, 0.717) is 25.1 Å². The highest BCUT2D eigenvalue weighted by molar-refractivity contribution is 5.53. The normalized spacial score (nSPS) is 15.3. The number of rotatable bonds is 2. The molecule has 0 amide bonds. The molecule has 3 nitrogen and oxygen atoms in total. The quantitative estimate of drug-likeness (QED) is 0.887. The molecule has 0 atom stereocenters. The van der Waals surface area contributed by atoms with Crippen molar-refractivity contribution < 1.29 is 22.6 Å². The second-order valence-electron chi connectivity index (χ2n) is 4.01. The Bertz CT molecular complexity index is 432. The van der Waals surface area contributed by atoms with Crippen molar-refractivity contribution in [1.82, 2.24) is 5.32 Å². The van der Waals surface area contributed by atoms with Gasteiger partial charge in [0.2, 0.25) is 0 Å². The fourth-order valence-electron chi connectivity index (χ4n) is 1.87. The third-order valence-electron chi connectivity index (χ3n) is 2.65. The molecule has 1 aliphatic rings. The van der Waals surface area contributed by atoms with Gasteiger partial charge >= 0.3 is 6.18 Å². The molecule has 0 radical (unpaired) electrons. The van der Waals surface area contributed by atoms with E-state index < -0.39 is 11.7 Å². The van der Waals surface area contributed by atoms with Crippen molar-refractivity contribution in [2.75, 3.05) is 20.3 Å². The van der Waals surface area contributed by atoms with Crippen molar-refractivity contribution >= 4 is 0 Å². The molecular weight excluding hydrogens is 247 g/mol. The maximum absolute atomic E-state index is 12.9. The van der Waals surface area contributed by atoms with Gasteiger partial charge in [0.1, 0.15) is 5.56 Å². The maximum atomic E-state index is 12.9. The Labute approximate surface area is 103 Å². The fourth-order valence-corrected chi connectivity index (χ4v) is 1.87. The van der Waals surface area contributed by atoms with E-state index in [2.05, 4.69) is 5.32 Å². The first kappa shape index (κ1) is 13.0. The van der Waals surface area contributed by atoms with Gasteiger partial charge in [-0.15, -0.1) is 0 Å². The van der Waals surface area contributed by atoms with Crippen molar-refractivity contribution in [3.8, 4) is 11.5 Å². The highest BCUT2D eigenvalue weighted by atomic mass is 19.4. The molecule has 0 saturated carbocycles. The highest BCUT2D eigenvalue weighted by Gasteiger charge is 2.37. The summed E-state index contributed by atoms with van der Waals surface area (Å²) in [4.78, 5) is 0. The van der Waals surface area contributed by atoms with Gasteiger partial charge in [-0.1, -0.05) is 6.07 Å². The van der Waals surface area contributed by atoms with Crippen molar-refractivity contribution in [3.63, 3.8) is 0 Å². The summed E-state index contributed by atoms with van der Waals surface area (Å²) >= 11 is 0. The summed E-state index contributed by atoms with van der Waals surface area (Å²) < 4.78 is 49.2. The van der Waals surface area contributed by atoms with Crippen molar-refractivity contribution in [2.24, 2.45) is 0 Å². The molecule has 2 rings (SSSR count). The number of hydrogen-bond donors (Lipinski definition) is 1. The van der Waals surface area contributed by atoms with Crippen LogP contribution in [0.4, 0.5) is 13.2 Å². The number of halogens is 3. The molecule has 1 N–H and O–H groups in total. The van der Waals surface area contributed by atoms with E-state index >= 15 is 0 Å². The Kier molecular flexibility index (Phi) is 3.65. The second kappa shape index (κ2) is 5.06. The van der Waals surface area contributed by atoms with Gasteiger partial charge in [-0.25, -0.2) is 0 Å². The summed E-state index contributed by atoms with van der Waals surface area (Å²) in [5.41, 5.74) is -0.110. The minimum atomic E-state index is -4.43. The Balaban J connectivity index is 2.52. The molecule has 0 aliphatic carbocycles. The van der Waals surface area contributed by atoms with Gasteiger partial charge in [-0.3, -0.25) is 0 Å². The van der Waals surface area contributed by atoms with Crippen LogP contribution < -0.4 is 14.8 Å². The van der Waals surface area contributed by atoms with Crippen LogP contribution in [-0.4, -0.2) is 20.3 Å². The van der Waals surface area contributed by atoms with Gasteiger partial charge in [-0.05, 0) is 13.1 Å². The minimum Gasteiger partial charge on any atom is -0.489 e. The predicted molar refractivity (Wildman–Crippen MR) is 59.8 cm³/mol. The monoisotopic (exact) mass is 261 g/mol. The summed E-state index contributed by atoms with van der Waals surface area (Å²) in [6, 6.07) is 2.47. The maximum Gasteiger partial charge on any atom is 0.420 e. The minimum absolute atomic E-state index is 0.187. The molecule has 1 aliphatic heterocycles. The van der Waals surface area contributed by atoms with Crippen LogP contribution in [0.1, 0.15) is 17.5 Å². The SMILES string of the molecule is CNCc1ccc(C(F)(F)F)c2c1OCCCO2. The van der Waals surface area contributed by atoms with E-state index in [4.69, 9.17) is 9.47 Å². The predicted octanol–water partition coefficient (Wildman–Crippen LogP) is 2.59. The number of benzene rings is 1. The lowest BCUT2D eigenvalue weighted by Gasteiger charge is -2.17. The van der Waals surface area contributed by atoms with Crippen molar-refractivity contribution in [3.05, 3.63) is 23.3 Å². The molecule has 0 saturated heterocycles. The molecule has 1 aromatic carbocycles. The molecule has 0 bridgehead atoms. The van der Waals surface area contributed by atoms with Gasteiger partial charge in [0, 0.05) is 18.5 Å². The van der Waals surface area contributed by atoms with Crippen LogP contribution in [0, 0.1) is 0 Å². The Morgan fingerprint density at radius 2 is 1.83 bits per heavy atom. The standard InChI is InChI=1S/C12H14F3NO2/c1-16-7-8-3-4-9(12(13,14)15)11-10(8)17-5-2-6-18-11/h3-4,16H,2,5-7H2,1H3. The third-order valence-corrected chi connectivity index (χ3v) is 2.65. The molecule has 6 heteroatoms. The largest absolute Gasteiger partial charge is 0.489 e. The van der Waals surface area contributed by atoms with E-state index in [1.807, 2.05) is 0 Å². The Morgan fingerprint density at radius 3 is 2.44 bits per heavy atom. The molecule has 0 spiro atoms. The Morgan fingerprint density at radius 1 is 1.17 bits per heavy atom. The molecule has 0 fully saturated rings. The number of alkyl halides is 3. The van der Waals surface area contributed by atoms with Gasteiger partial charge in [0.15, 0.2) is 11.5 Å². The number of ether oxygens (including phenoxy) is 2. The zero-order valence-electron chi connectivity index (χ0n) is 9.93. The van der Waals surface area contributed by atoms with Gasteiger partial charge in [0.05, 0.1) is 13.2 Å². The topological polar surface area (TPSA) is 30.5 Å². The molecule has 0 aromatic heterocycles. The summed E-state index contributed by atoms with van der Waals surface area (Å²) in [5, 5.41) is 2.90. The lowest BCUT2D eigenvalue weighted by Crippen LogP contribution is -2.12. The summed E-state index contributed by atoms with van der Waals surface area (Å²) in [7, 11) is 1.72. The van der Waals surface area contributed by atoms with E-state index in [-0.39, 0.29) is 18.1 Å². The zero-order chi connectivity index (χ0) is 13.2. The Hall–Kier alpha value is -1.43. The van der Waals surface area contributed by atoms with Gasteiger partial charge in [0.25, 0.3) is 0 Å². The fraction of sp³-hybridized carbons (Fsp3) is 0.500. The summed E-state index contributed by atoms with van der Waals surface area (Å²) in [6.45, 7) is 1.04. The van der Waals surface area contributed by atoms with E-state index in [9.17, 15) is 13.2 Å². The van der Waals surface area contributed by atoms with Crippen molar-refractivity contribution in [1.29, 1.82) is 0 Å². The average molecular weight is 261 g/mol. The van der Waals surface area contributed by atoms with E-state index in [1.165, 1.54) is 6.07 Å². The molecule has 1 heterocycles. The van der Waals surface area contributed by atoms with Crippen LogP contribution in [-0.2, 0) is 12.7 Å².